The second-order valence-corrected chi connectivity index (χ2v) is 5.46. The summed E-state index contributed by atoms with van der Waals surface area (Å²) in [7, 11) is 0. The van der Waals surface area contributed by atoms with Crippen LogP contribution in [0, 0.1) is 6.92 Å². The first kappa shape index (κ1) is 15.5. The zero-order valence-electron chi connectivity index (χ0n) is 12.2. The van der Waals surface area contributed by atoms with Gasteiger partial charge in [0, 0.05) is 19.8 Å². The molecule has 114 valence electrons. The largest absolute Gasteiger partial charge is 0.481 e. The third kappa shape index (κ3) is 3.61. The van der Waals surface area contributed by atoms with Crippen molar-refractivity contribution in [3.63, 3.8) is 0 Å². The molecule has 0 radical (unpaired) electrons. The molecule has 1 fully saturated rings. The van der Waals surface area contributed by atoms with Gasteiger partial charge in [0.25, 0.3) is 0 Å². The zero-order valence-corrected chi connectivity index (χ0v) is 12.2. The molecule has 1 aromatic carbocycles. The first-order valence-electron chi connectivity index (χ1n) is 7.19. The number of carboxylic acids is 1. The van der Waals surface area contributed by atoms with Gasteiger partial charge in [-0.25, -0.2) is 0 Å². The summed E-state index contributed by atoms with van der Waals surface area (Å²) < 4.78 is 5.39. The van der Waals surface area contributed by atoms with Crippen LogP contribution in [-0.2, 0) is 19.7 Å². The van der Waals surface area contributed by atoms with Gasteiger partial charge in [-0.05, 0) is 25.3 Å². The molecule has 0 atom stereocenters. The van der Waals surface area contributed by atoms with Crippen LogP contribution in [0.4, 0.5) is 0 Å². The third-order valence-electron chi connectivity index (χ3n) is 4.01. The molecule has 5 heteroatoms. The van der Waals surface area contributed by atoms with Gasteiger partial charge in [0.15, 0.2) is 0 Å². The lowest BCUT2D eigenvalue weighted by Gasteiger charge is -2.36. The summed E-state index contributed by atoms with van der Waals surface area (Å²) in [6, 6.07) is 7.96. The summed E-state index contributed by atoms with van der Waals surface area (Å²) in [6.07, 6.45) is 1.18. The monoisotopic (exact) mass is 291 g/mol. The first-order valence-corrected chi connectivity index (χ1v) is 7.19. The van der Waals surface area contributed by atoms with Crippen LogP contribution in [0.15, 0.2) is 24.3 Å². The number of amides is 1. The van der Waals surface area contributed by atoms with Crippen LogP contribution in [0.25, 0.3) is 0 Å². The quantitative estimate of drug-likeness (QED) is 0.864. The number of carbonyl (C=O) groups excluding carboxylic acids is 1. The third-order valence-corrected chi connectivity index (χ3v) is 4.01. The number of aryl methyl sites for hydroxylation is 1. The molecule has 0 unspecified atom stereocenters. The van der Waals surface area contributed by atoms with Gasteiger partial charge in [-0.2, -0.15) is 0 Å². The summed E-state index contributed by atoms with van der Waals surface area (Å²) in [4.78, 5) is 23.2. The van der Waals surface area contributed by atoms with E-state index in [4.69, 9.17) is 9.84 Å². The first-order chi connectivity index (χ1) is 10.0. The average molecular weight is 291 g/mol. The maximum Gasteiger partial charge on any atom is 0.305 e. The topological polar surface area (TPSA) is 75.6 Å². The molecule has 1 saturated heterocycles. The van der Waals surface area contributed by atoms with Gasteiger partial charge in [0.05, 0.1) is 11.8 Å². The Bertz CT molecular complexity index is 504. The Morgan fingerprint density at radius 1 is 1.24 bits per heavy atom. The fourth-order valence-corrected chi connectivity index (χ4v) is 2.69. The SMILES string of the molecule is Cc1ccc(C2(C(=O)NCCC(=O)O)CCOCC2)cc1. The Labute approximate surface area is 124 Å². The summed E-state index contributed by atoms with van der Waals surface area (Å²) in [5, 5.41) is 11.4. The minimum atomic E-state index is -0.910. The number of hydrogen-bond acceptors (Lipinski definition) is 3. The predicted molar refractivity (Wildman–Crippen MR) is 78.2 cm³/mol. The molecule has 1 aromatic rings. The van der Waals surface area contributed by atoms with Crippen LogP contribution < -0.4 is 5.32 Å². The van der Waals surface area contributed by atoms with E-state index in [1.807, 2.05) is 31.2 Å². The number of rotatable bonds is 5. The molecule has 1 aliphatic heterocycles. The van der Waals surface area contributed by atoms with E-state index in [9.17, 15) is 9.59 Å². The van der Waals surface area contributed by atoms with Crippen molar-refractivity contribution < 1.29 is 19.4 Å². The zero-order chi connectivity index (χ0) is 15.3. The van der Waals surface area contributed by atoms with Crippen molar-refractivity contribution in [2.24, 2.45) is 0 Å². The number of benzene rings is 1. The Kier molecular flexibility index (Phi) is 4.96. The normalized spacial score (nSPS) is 17.2. The molecular formula is C16H21NO4. The van der Waals surface area contributed by atoms with Crippen LogP contribution in [0.2, 0.25) is 0 Å². The Morgan fingerprint density at radius 3 is 2.43 bits per heavy atom. The molecule has 21 heavy (non-hydrogen) atoms. The van der Waals surface area contributed by atoms with Crippen molar-refractivity contribution in [1.29, 1.82) is 0 Å². The highest BCUT2D eigenvalue weighted by atomic mass is 16.5. The van der Waals surface area contributed by atoms with Gasteiger partial charge in [0.2, 0.25) is 5.91 Å². The van der Waals surface area contributed by atoms with Gasteiger partial charge in [-0.1, -0.05) is 29.8 Å². The van der Waals surface area contributed by atoms with E-state index in [0.29, 0.717) is 26.1 Å². The molecular weight excluding hydrogens is 270 g/mol. The van der Waals surface area contributed by atoms with E-state index >= 15 is 0 Å². The molecule has 2 N–H and O–H groups in total. The molecule has 1 amide bonds. The number of ether oxygens (including phenoxy) is 1. The molecule has 1 aliphatic rings. The average Bonchev–Trinajstić information content (AvgIpc) is 2.48. The van der Waals surface area contributed by atoms with Crippen molar-refractivity contribution in [3.05, 3.63) is 35.4 Å². The Balaban J connectivity index is 2.18. The summed E-state index contributed by atoms with van der Waals surface area (Å²) >= 11 is 0. The van der Waals surface area contributed by atoms with E-state index in [0.717, 1.165) is 11.1 Å². The molecule has 5 nitrogen and oxygen atoms in total. The van der Waals surface area contributed by atoms with Crippen molar-refractivity contribution >= 4 is 11.9 Å². The van der Waals surface area contributed by atoms with Gasteiger partial charge in [-0.3, -0.25) is 9.59 Å². The van der Waals surface area contributed by atoms with E-state index in [2.05, 4.69) is 5.32 Å². The smallest absolute Gasteiger partial charge is 0.305 e. The molecule has 0 bridgehead atoms. The number of carboxylic acid groups (broad SMARTS) is 1. The van der Waals surface area contributed by atoms with E-state index in [-0.39, 0.29) is 18.9 Å². The minimum absolute atomic E-state index is 0.0633. The molecule has 0 aromatic heterocycles. The lowest BCUT2D eigenvalue weighted by molar-refractivity contribution is -0.137. The maximum atomic E-state index is 12.6. The fraction of sp³-hybridized carbons (Fsp3) is 0.500. The highest BCUT2D eigenvalue weighted by molar-refractivity contribution is 5.88. The van der Waals surface area contributed by atoms with Gasteiger partial charge in [-0.15, -0.1) is 0 Å². The minimum Gasteiger partial charge on any atom is -0.481 e. The second kappa shape index (κ2) is 6.72. The van der Waals surface area contributed by atoms with Crippen LogP contribution in [0.5, 0.6) is 0 Å². The number of hydrogen-bond donors (Lipinski definition) is 2. The van der Waals surface area contributed by atoms with Crippen LogP contribution in [0.1, 0.15) is 30.4 Å². The summed E-state index contributed by atoms with van der Waals surface area (Å²) in [6.45, 7) is 3.25. The van der Waals surface area contributed by atoms with Crippen LogP contribution in [-0.4, -0.2) is 36.7 Å². The Hall–Kier alpha value is -1.88. The highest BCUT2D eigenvalue weighted by Crippen LogP contribution is 2.35. The maximum absolute atomic E-state index is 12.6. The van der Waals surface area contributed by atoms with Gasteiger partial charge < -0.3 is 15.2 Å². The lowest BCUT2D eigenvalue weighted by Crippen LogP contribution is -2.48. The Morgan fingerprint density at radius 2 is 1.86 bits per heavy atom. The van der Waals surface area contributed by atoms with E-state index in [1.54, 1.807) is 0 Å². The number of aliphatic carboxylic acids is 1. The molecule has 0 aliphatic carbocycles. The summed E-state index contributed by atoms with van der Waals surface area (Å²) in [5.74, 6) is -1.01. The molecule has 0 saturated carbocycles. The highest BCUT2D eigenvalue weighted by Gasteiger charge is 2.41. The van der Waals surface area contributed by atoms with Gasteiger partial charge >= 0.3 is 5.97 Å². The second-order valence-electron chi connectivity index (χ2n) is 5.46. The van der Waals surface area contributed by atoms with Crippen molar-refractivity contribution in [2.75, 3.05) is 19.8 Å². The fourth-order valence-electron chi connectivity index (χ4n) is 2.69. The van der Waals surface area contributed by atoms with Crippen molar-refractivity contribution in [2.45, 2.75) is 31.6 Å². The number of nitrogens with one attached hydrogen (secondary N) is 1. The lowest BCUT2D eigenvalue weighted by atomic mass is 9.73. The van der Waals surface area contributed by atoms with Gasteiger partial charge in [0.1, 0.15) is 0 Å². The summed E-state index contributed by atoms with van der Waals surface area (Å²) in [5.41, 5.74) is 1.52. The predicted octanol–water partition coefficient (Wildman–Crippen LogP) is 1.63. The molecule has 0 spiro atoms. The van der Waals surface area contributed by atoms with Crippen molar-refractivity contribution in [3.8, 4) is 0 Å². The van der Waals surface area contributed by atoms with Crippen LogP contribution in [0.3, 0.4) is 0 Å². The number of carbonyl (C=O) groups is 2. The molecule has 2 rings (SSSR count). The van der Waals surface area contributed by atoms with Crippen molar-refractivity contribution in [1.82, 2.24) is 5.32 Å². The van der Waals surface area contributed by atoms with E-state index < -0.39 is 11.4 Å². The van der Waals surface area contributed by atoms with E-state index in [1.165, 1.54) is 0 Å². The molecule has 1 heterocycles. The standard InChI is InChI=1S/C16H21NO4/c1-12-2-4-13(5-3-12)16(7-10-21-11-8-16)15(20)17-9-6-14(18)19/h2-5H,6-11H2,1H3,(H,17,20)(H,18,19). The van der Waals surface area contributed by atoms with Crippen LogP contribution >= 0.6 is 0 Å².